The van der Waals surface area contributed by atoms with Crippen LogP contribution in [0.3, 0.4) is 0 Å². The second kappa shape index (κ2) is 2.24. The lowest BCUT2D eigenvalue weighted by Gasteiger charge is -1.90. The molecule has 0 aromatic carbocycles. The first kappa shape index (κ1) is 6.86. The monoisotopic (exact) mass is 124 g/mol. The molecule has 1 atom stereocenters. The van der Waals surface area contributed by atoms with Gasteiger partial charge in [0.2, 0.25) is 0 Å². The number of rotatable bonds is 2. The van der Waals surface area contributed by atoms with E-state index in [0.29, 0.717) is 0 Å². The van der Waals surface area contributed by atoms with Crippen LogP contribution in [0.2, 0.25) is 0 Å². The maximum Gasteiger partial charge on any atom is 0.368 e. The maximum atomic E-state index is 11.4. The normalized spacial score (nSPS) is 18.0. The number of allylic oxidation sites excluding steroid dienone is 1. The standard InChI is InChI=1S/C3H6FO2P/c1-2-3-7(4,5)6/h2H,1,3H2,(H,5,6). The molecule has 4 heteroatoms. The van der Waals surface area contributed by atoms with Crippen LogP contribution < -0.4 is 0 Å². The van der Waals surface area contributed by atoms with Gasteiger partial charge in [-0.05, 0) is 0 Å². The molecule has 0 rings (SSSR count). The average Bonchev–Trinajstić information content (AvgIpc) is 1.30. The zero-order chi connectivity index (χ0) is 5.91. The molecule has 0 aromatic heterocycles. The quantitative estimate of drug-likeness (QED) is 0.445. The van der Waals surface area contributed by atoms with Gasteiger partial charge in [0.25, 0.3) is 0 Å². The van der Waals surface area contributed by atoms with E-state index in [9.17, 15) is 8.76 Å². The summed E-state index contributed by atoms with van der Waals surface area (Å²) in [5.41, 5.74) is 0. The van der Waals surface area contributed by atoms with Gasteiger partial charge in [-0.1, -0.05) is 6.08 Å². The fraction of sp³-hybridized carbons (Fsp3) is 0.333. The summed E-state index contributed by atoms with van der Waals surface area (Å²) in [4.78, 5) is 7.84. The van der Waals surface area contributed by atoms with Gasteiger partial charge in [0, 0.05) is 0 Å². The summed E-state index contributed by atoms with van der Waals surface area (Å²) in [6.07, 6.45) is 0.619. The van der Waals surface area contributed by atoms with Crippen LogP contribution in [-0.4, -0.2) is 11.1 Å². The number of hydrogen-bond donors (Lipinski definition) is 1. The Morgan fingerprint density at radius 2 is 2.43 bits per heavy atom. The third-order valence-electron chi connectivity index (χ3n) is 0.354. The molecular weight excluding hydrogens is 118 g/mol. The van der Waals surface area contributed by atoms with Crippen LogP contribution in [0.5, 0.6) is 0 Å². The molecule has 0 aromatic rings. The average molecular weight is 124 g/mol. The van der Waals surface area contributed by atoms with Crippen LogP contribution in [0.1, 0.15) is 0 Å². The zero-order valence-electron chi connectivity index (χ0n) is 3.67. The third kappa shape index (κ3) is 5.86. The van der Waals surface area contributed by atoms with E-state index in [-0.39, 0.29) is 0 Å². The molecule has 0 radical (unpaired) electrons. The summed E-state index contributed by atoms with van der Waals surface area (Å²) >= 11 is 0. The van der Waals surface area contributed by atoms with E-state index in [1.807, 2.05) is 0 Å². The van der Waals surface area contributed by atoms with Crippen LogP contribution in [0.4, 0.5) is 4.20 Å². The molecule has 0 amide bonds. The van der Waals surface area contributed by atoms with Gasteiger partial charge in [-0.25, -0.2) is 0 Å². The third-order valence-corrected chi connectivity index (χ3v) is 1.06. The van der Waals surface area contributed by atoms with E-state index in [1.54, 1.807) is 0 Å². The molecule has 0 heterocycles. The van der Waals surface area contributed by atoms with Crippen molar-refractivity contribution in [2.24, 2.45) is 0 Å². The highest BCUT2D eigenvalue weighted by atomic mass is 31.2. The molecule has 0 bridgehead atoms. The van der Waals surface area contributed by atoms with Crippen molar-refractivity contribution in [1.82, 2.24) is 0 Å². The van der Waals surface area contributed by atoms with Crippen molar-refractivity contribution >= 4 is 7.68 Å². The highest BCUT2D eigenvalue weighted by Gasteiger charge is 2.10. The Morgan fingerprint density at radius 3 is 2.43 bits per heavy atom. The van der Waals surface area contributed by atoms with Gasteiger partial charge in [0.1, 0.15) is 0 Å². The minimum absolute atomic E-state index is 0.451. The van der Waals surface area contributed by atoms with E-state index in [1.165, 1.54) is 0 Å². The smallest absolute Gasteiger partial charge is 0.321 e. The van der Waals surface area contributed by atoms with Crippen LogP contribution in [0.15, 0.2) is 12.7 Å². The lowest BCUT2D eigenvalue weighted by Crippen LogP contribution is -1.72. The molecule has 0 aliphatic carbocycles. The highest BCUT2D eigenvalue weighted by Crippen LogP contribution is 2.41. The summed E-state index contributed by atoms with van der Waals surface area (Å²) in [5.74, 6) is 0. The van der Waals surface area contributed by atoms with E-state index in [4.69, 9.17) is 4.89 Å². The van der Waals surface area contributed by atoms with E-state index in [2.05, 4.69) is 6.58 Å². The first-order chi connectivity index (χ1) is 3.06. The van der Waals surface area contributed by atoms with Crippen molar-refractivity contribution in [3.63, 3.8) is 0 Å². The van der Waals surface area contributed by atoms with E-state index >= 15 is 0 Å². The van der Waals surface area contributed by atoms with Gasteiger partial charge in [0.15, 0.2) is 0 Å². The van der Waals surface area contributed by atoms with Crippen LogP contribution in [0.25, 0.3) is 0 Å². The molecule has 1 unspecified atom stereocenters. The summed E-state index contributed by atoms with van der Waals surface area (Å²) in [6.45, 7) is 3.07. The van der Waals surface area contributed by atoms with Gasteiger partial charge in [-0.2, -0.15) is 4.20 Å². The van der Waals surface area contributed by atoms with Crippen molar-refractivity contribution in [3.8, 4) is 0 Å². The number of hydrogen-bond acceptors (Lipinski definition) is 1. The lowest BCUT2D eigenvalue weighted by atomic mass is 10.8. The molecule has 7 heavy (non-hydrogen) atoms. The fourth-order valence-corrected chi connectivity index (χ4v) is 0.478. The van der Waals surface area contributed by atoms with E-state index in [0.717, 1.165) is 6.08 Å². The predicted octanol–water partition coefficient (Wildman–Crippen LogP) is 1.33. The Labute approximate surface area is 41.2 Å². The molecule has 42 valence electrons. The van der Waals surface area contributed by atoms with Crippen molar-refractivity contribution in [2.75, 3.05) is 6.16 Å². The van der Waals surface area contributed by atoms with Crippen molar-refractivity contribution in [2.45, 2.75) is 0 Å². The topological polar surface area (TPSA) is 37.3 Å². The molecule has 0 spiro atoms. The Bertz CT molecular complexity index is 106. The van der Waals surface area contributed by atoms with Crippen LogP contribution in [0, 0.1) is 0 Å². The molecular formula is C3H6FO2P. The molecule has 0 aliphatic rings. The second-order valence-electron chi connectivity index (χ2n) is 1.09. The van der Waals surface area contributed by atoms with Gasteiger partial charge in [0.05, 0.1) is 6.16 Å². The molecule has 0 aliphatic heterocycles. The van der Waals surface area contributed by atoms with Crippen molar-refractivity contribution in [3.05, 3.63) is 12.7 Å². The zero-order valence-corrected chi connectivity index (χ0v) is 4.57. The Morgan fingerprint density at radius 1 is 2.00 bits per heavy atom. The van der Waals surface area contributed by atoms with Gasteiger partial charge in [-0.3, -0.25) is 4.57 Å². The van der Waals surface area contributed by atoms with Crippen LogP contribution >= 0.6 is 7.68 Å². The van der Waals surface area contributed by atoms with Crippen molar-refractivity contribution in [1.29, 1.82) is 0 Å². The maximum absolute atomic E-state index is 11.4. The molecule has 2 nitrogen and oxygen atoms in total. The molecule has 0 saturated carbocycles. The summed E-state index contributed by atoms with van der Waals surface area (Å²) in [6, 6.07) is 0. The first-order valence-corrected chi connectivity index (χ1v) is 3.42. The van der Waals surface area contributed by atoms with Gasteiger partial charge >= 0.3 is 7.68 Å². The lowest BCUT2D eigenvalue weighted by molar-refractivity contribution is 0.433. The number of halogens is 1. The minimum atomic E-state index is -4.28. The summed E-state index contributed by atoms with van der Waals surface area (Å²) in [5, 5.41) is 0. The van der Waals surface area contributed by atoms with Crippen LogP contribution in [-0.2, 0) is 4.57 Å². The largest absolute Gasteiger partial charge is 0.368 e. The fourth-order valence-electron chi connectivity index (χ4n) is 0.159. The minimum Gasteiger partial charge on any atom is -0.321 e. The predicted molar refractivity (Wildman–Crippen MR) is 26.0 cm³/mol. The summed E-state index contributed by atoms with van der Waals surface area (Å²) in [7, 11) is -4.28. The first-order valence-electron chi connectivity index (χ1n) is 1.68. The molecule has 0 saturated heterocycles. The molecule has 0 fully saturated rings. The summed E-state index contributed by atoms with van der Waals surface area (Å²) < 4.78 is 21.1. The Balaban J connectivity index is 3.57. The van der Waals surface area contributed by atoms with Crippen molar-refractivity contribution < 1.29 is 13.7 Å². The highest BCUT2D eigenvalue weighted by molar-refractivity contribution is 7.52. The van der Waals surface area contributed by atoms with Gasteiger partial charge in [-0.15, -0.1) is 6.58 Å². The molecule has 1 N–H and O–H groups in total. The Kier molecular flexibility index (Phi) is 2.20. The van der Waals surface area contributed by atoms with E-state index < -0.39 is 13.8 Å². The SMILES string of the molecule is C=CCP(=O)(O)F. The Hall–Kier alpha value is -0.140. The van der Waals surface area contributed by atoms with Gasteiger partial charge < -0.3 is 4.89 Å². The second-order valence-corrected chi connectivity index (χ2v) is 2.69.